The summed E-state index contributed by atoms with van der Waals surface area (Å²) in [6, 6.07) is 13.7. The van der Waals surface area contributed by atoms with Crippen molar-refractivity contribution in [3.63, 3.8) is 0 Å². The van der Waals surface area contributed by atoms with Crippen molar-refractivity contribution in [1.82, 2.24) is 15.0 Å². The van der Waals surface area contributed by atoms with Gasteiger partial charge in [-0.1, -0.05) is 0 Å². The molecule has 0 fully saturated rings. The van der Waals surface area contributed by atoms with Crippen LogP contribution in [0.3, 0.4) is 0 Å². The number of aromatic nitrogens is 3. The van der Waals surface area contributed by atoms with Crippen LogP contribution in [-0.4, -0.2) is 26.7 Å². The van der Waals surface area contributed by atoms with Crippen molar-refractivity contribution < 1.29 is 4.79 Å². The zero-order valence-electron chi connectivity index (χ0n) is 14.5. The smallest absolute Gasteiger partial charge is 0.224 e. The van der Waals surface area contributed by atoms with E-state index in [1.165, 1.54) is 6.33 Å². The Morgan fingerprint density at radius 3 is 2.85 bits per heavy atom. The van der Waals surface area contributed by atoms with E-state index in [4.69, 9.17) is 11.6 Å². The molecule has 136 valence electrons. The van der Waals surface area contributed by atoms with Crippen LogP contribution in [0.25, 0.3) is 21.8 Å². The quantitative estimate of drug-likeness (QED) is 0.420. The third-order valence-corrected chi connectivity index (χ3v) is 4.54. The molecule has 0 spiro atoms. The first-order valence-corrected chi connectivity index (χ1v) is 9.21. The number of benzene rings is 2. The highest BCUT2D eigenvalue weighted by Crippen LogP contribution is 2.27. The Morgan fingerprint density at radius 1 is 1.07 bits per heavy atom. The maximum absolute atomic E-state index is 12.0. The van der Waals surface area contributed by atoms with Gasteiger partial charge >= 0.3 is 0 Å². The molecule has 7 heteroatoms. The number of amides is 1. The van der Waals surface area contributed by atoms with Crippen LogP contribution in [0.15, 0.2) is 55.0 Å². The van der Waals surface area contributed by atoms with Crippen molar-refractivity contribution in [2.75, 3.05) is 16.5 Å². The summed E-state index contributed by atoms with van der Waals surface area (Å²) in [6.07, 6.45) is 4.49. The van der Waals surface area contributed by atoms with Crippen molar-refractivity contribution in [2.45, 2.75) is 12.8 Å². The summed E-state index contributed by atoms with van der Waals surface area (Å²) in [7, 11) is 0. The predicted molar refractivity (Wildman–Crippen MR) is 110 cm³/mol. The maximum Gasteiger partial charge on any atom is 0.224 e. The van der Waals surface area contributed by atoms with Crippen LogP contribution in [0.4, 0.5) is 17.2 Å². The molecule has 0 radical (unpaired) electrons. The van der Waals surface area contributed by atoms with Gasteiger partial charge in [-0.15, -0.1) is 11.6 Å². The average molecular weight is 380 g/mol. The van der Waals surface area contributed by atoms with Crippen molar-refractivity contribution in [3.8, 4) is 0 Å². The van der Waals surface area contributed by atoms with E-state index in [0.29, 0.717) is 30.2 Å². The first kappa shape index (κ1) is 17.3. The molecule has 0 aliphatic carbocycles. The largest absolute Gasteiger partial charge is 0.361 e. The second-order valence-electron chi connectivity index (χ2n) is 6.20. The zero-order valence-corrected chi connectivity index (χ0v) is 15.3. The fraction of sp³-hybridized carbons (Fsp3) is 0.150. The van der Waals surface area contributed by atoms with E-state index in [-0.39, 0.29) is 5.91 Å². The molecule has 0 saturated heterocycles. The SMILES string of the molecule is O=C(CCCCl)Nc1ccc2ncnc(Nc3ccc4[nH]ccc4c3)c2c1. The van der Waals surface area contributed by atoms with Crippen LogP contribution in [0.5, 0.6) is 0 Å². The Kier molecular flexibility index (Phi) is 4.89. The number of halogens is 1. The molecular weight excluding hydrogens is 362 g/mol. The van der Waals surface area contributed by atoms with E-state index in [1.807, 2.05) is 42.6 Å². The number of alkyl halides is 1. The molecule has 3 N–H and O–H groups in total. The Balaban J connectivity index is 1.63. The second-order valence-corrected chi connectivity index (χ2v) is 6.58. The molecular formula is C20H18ClN5O. The van der Waals surface area contributed by atoms with Gasteiger partial charge in [0.25, 0.3) is 0 Å². The second kappa shape index (κ2) is 7.63. The Bertz CT molecular complexity index is 1110. The number of hydrogen-bond donors (Lipinski definition) is 3. The van der Waals surface area contributed by atoms with Gasteiger partial charge < -0.3 is 15.6 Å². The number of rotatable bonds is 6. The summed E-state index contributed by atoms with van der Waals surface area (Å²) in [4.78, 5) is 23.8. The highest BCUT2D eigenvalue weighted by Gasteiger charge is 2.08. The van der Waals surface area contributed by atoms with Crippen molar-refractivity contribution in [1.29, 1.82) is 0 Å². The van der Waals surface area contributed by atoms with E-state index in [9.17, 15) is 4.79 Å². The van der Waals surface area contributed by atoms with Crippen LogP contribution < -0.4 is 10.6 Å². The number of carbonyl (C=O) groups is 1. The van der Waals surface area contributed by atoms with Gasteiger partial charge in [0.15, 0.2) is 0 Å². The summed E-state index contributed by atoms with van der Waals surface area (Å²) < 4.78 is 0. The number of nitrogens with one attached hydrogen (secondary N) is 3. The zero-order chi connectivity index (χ0) is 18.6. The lowest BCUT2D eigenvalue weighted by molar-refractivity contribution is -0.116. The number of carbonyl (C=O) groups excluding carboxylic acids is 1. The van der Waals surface area contributed by atoms with Gasteiger partial charge in [0.05, 0.1) is 5.52 Å². The molecule has 2 aromatic carbocycles. The standard InChI is InChI=1S/C20H18ClN5O/c21-8-1-2-19(27)25-15-4-6-18-16(11-15)20(24-12-23-18)26-14-3-5-17-13(10-14)7-9-22-17/h3-7,9-12,22H,1-2,8H2,(H,25,27)(H,23,24,26). The summed E-state index contributed by atoms with van der Waals surface area (Å²) in [5, 5.41) is 8.20. The van der Waals surface area contributed by atoms with Crippen LogP contribution in [0, 0.1) is 0 Å². The fourth-order valence-electron chi connectivity index (χ4n) is 2.95. The highest BCUT2D eigenvalue weighted by molar-refractivity contribution is 6.18. The van der Waals surface area contributed by atoms with Gasteiger partial charge in [-0.25, -0.2) is 9.97 Å². The summed E-state index contributed by atoms with van der Waals surface area (Å²) in [6.45, 7) is 0. The third kappa shape index (κ3) is 3.85. The van der Waals surface area contributed by atoms with E-state index < -0.39 is 0 Å². The monoisotopic (exact) mass is 379 g/mol. The number of nitrogens with zero attached hydrogens (tertiary/aromatic N) is 2. The number of hydrogen-bond acceptors (Lipinski definition) is 4. The number of anilines is 3. The fourth-order valence-corrected chi connectivity index (χ4v) is 3.09. The van der Waals surface area contributed by atoms with Gasteiger partial charge in [-0.2, -0.15) is 0 Å². The Hall–Kier alpha value is -3.12. The van der Waals surface area contributed by atoms with Crippen LogP contribution in [0.2, 0.25) is 0 Å². The molecule has 0 saturated carbocycles. The van der Waals surface area contributed by atoms with Gasteiger partial charge in [-0.05, 0) is 48.9 Å². The molecule has 4 rings (SSSR count). The number of fused-ring (bicyclic) bond motifs is 2. The molecule has 0 unspecified atom stereocenters. The third-order valence-electron chi connectivity index (χ3n) is 4.27. The van der Waals surface area contributed by atoms with Crippen LogP contribution >= 0.6 is 11.6 Å². The molecule has 4 aromatic rings. The Labute approximate surface area is 161 Å². The first-order valence-electron chi connectivity index (χ1n) is 8.68. The first-order chi connectivity index (χ1) is 13.2. The van der Waals surface area contributed by atoms with Crippen molar-refractivity contribution >= 4 is 56.5 Å². The lowest BCUT2D eigenvalue weighted by Gasteiger charge is -2.10. The lowest BCUT2D eigenvalue weighted by atomic mass is 10.2. The van der Waals surface area contributed by atoms with E-state index in [0.717, 1.165) is 27.5 Å². The topological polar surface area (TPSA) is 82.7 Å². The van der Waals surface area contributed by atoms with Gasteiger partial charge in [0, 0.05) is 46.2 Å². The van der Waals surface area contributed by atoms with Gasteiger partial charge in [-0.3, -0.25) is 4.79 Å². The van der Waals surface area contributed by atoms with Crippen molar-refractivity contribution in [3.05, 3.63) is 55.0 Å². The molecule has 27 heavy (non-hydrogen) atoms. The number of H-pyrrole nitrogens is 1. The average Bonchev–Trinajstić information content (AvgIpc) is 3.15. The molecule has 6 nitrogen and oxygen atoms in total. The molecule has 1 amide bonds. The maximum atomic E-state index is 12.0. The van der Waals surface area contributed by atoms with Crippen molar-refractivity contribution in [2.24, 2.45) is 0 Å². The normalized spacial score (nSPS) is 11.0. The molecule has 0 atom stereocenters. The van der Waals surface area contributed by atoms with E-state index >= 15 is 0 Å². The molecule has 0 aliphatic heterocycles. The summed E-state index contributed by atoms with van der Waals surface area (Å²) in [5.41, 5.74) is 3.52. The molecule has 2 heterocycles. The minimum atomic E-state index is -0.0562. The number of aromatic amines is 1. The van der Waals surface area contributed by atoms with Gasteiger partial charge in [0.2, 0.25) is 5.91 Å². The predicted octanol–water partition coefficient (Wildman–Crippen LogP) is 4.81. The minimum absolute atomic E-state index is 0.0562. The summed E-state index contributed by atoms with van der Waals surface area (Å²) in [5.74, 6) is 1.10. The lowest BCUT2D eigenvalue weighted by Crippen LogP contribution is -2.11. The van der Waals surface area contributed by atoms with Gasteiger partial charge in [0.1, 0.15) is 12.1 Å². The van der Waals surface area contributed by atoms with Crippen LogP contribution in [-0.2, 0) is 4.79 Å². The Morgan fingerprint density at radius 2 is 1.96 bits per heavy atom. The molecule has 2 aromatic heterocycles. The highest BCUT2D eigenvalue weighted by atomic mass is 35.5. The summed E-state index contributed by atoms with van der Waals surface area (Å²) >= 11 is 5.65. The van der Waals surface area contributed by atoms with Crippen LogP contribution in [0.1, 0.15) is 12.8 Å². The van der Waals surface area contributed by atoms with E-state index in [2.05, 4.69) is 31.7 Å². The molecule has 0 bridgehead atoms. The molecule has 0 aliphatic rings. The minimum Gasteiger partial charge on any atom is -0.361 e. The van der Waals surface area contributed by atoms with E-state index in [1.54, 1.807) is 0 Å².